The molecule has 4 nitrogen and oxygen atoms in total. The molecule has 2 aliphatic rings. The van der Waals surface area contributed by atoms with E-state index in [0.717, 1.165) is 32.0 Å². The molecule has 128 valence electrons. The van der Waals surface area contributed by atoms with Gasteiger partial charge in [0.25, 0.3) is 0 Å². The molecule has 2 aliphatic carbocycles. The molecule has 0 heterocycles. The molecule has 0 amide bonds. The summed E-state index contributed by atoms with van der Waals surface area (Å²) in [4.78, 5) is 36.4. The number of carbonyl (C=O) groups is 3. The molecule has 0 aromatic heterocycles. The highest BCUT2D eigenvalue weighted by molar-refractivity contribution is 6.17. The molecule has 24 heavy (non-hydrogen) atoms. The van der Waals surface area contributed by atoms with Gasteiger partial charge in [-0.1, -0.05) is 25.5 Å². The number of phenolic OH excluding ortho intramolecular Hbond substituents is 1. The van der Waals surface area contributed by atoms with Crippen LogP contribution in [0.1, 0.15) is 66.2 Å². The molecule has 4 unspecified atom stereocenters. The molecule has 0 spiro atoms. The van der Waals surface area contributed by atoms with Crippen molar-refractivity contribution in [2.45, 2.75) is 45.4 Å². The van der Waals surface area contributed by atoms with Crippen LogP contribution in [-0.4, -0.2) is 23.0 Å². The maximum absolute atomic E-state index is 12.9. The van der Waals surface area contributed by atoms with Gasteiger partial charge in [-0.05, 0) is 43.6 Å². The molecule has 4 atom stereocenters. The molecule has 1 saturated carbocycles. The molecular formula is C20H24O4. The Bertz CT molecular complexity index is 664. The molecule has 0 bridgehead atoms. The van der Waals surface area contributed by atoms with Crippen molar-refractivity contribution in [3.63, 3.8) is 0 Å². The van der Waals surface area contributed by atoms with E-state index >= 15 is 0 Å². The second-order valence-electron chi connectivity index (χ2n) is 7.23. The lowest BCUT2D eigenvalue weighted by Gasteiger charge is -2.38. The number of benzene rings is 1. The fourth-order valence-corrected chi connectivity index (χ4v) is 4.50. The third kappa shape index (κ3) is 2.90. The summed E-state index contributed by atoms with van der Waals surface area (Å²) in [7, 11) is 0. The third-order valence-corrected chi connectivity index (χ3v) is 5.86. The van der Waals surface area contributed by atoms with E-state index in [1.165, 1.54) is 6.07 Å². The van der Waals surface area contributed by atoms with E-state index in [1.54, 1.807) is 12.1 Å². The van der Waals surface area contributed by atoms with Crippen molar-refractivity contribution in [3.05, 3.63) is 29.3 Å². The highest BCUT2D eigenvalue weighted by Gasteiger charge is 2.45. The van der Waals surface area contributed by atoms with Gasteiger partial charge in [-0.25, -0.2) is 0 Å². The summed E-state index contributed by atoms with van der Waals surface area (Å²) in [5, 5.41) is 9.99. The molecule has 4 heteroatoms. The van der Waals surface area contributed by atoms with Gasteiger partial charge < -0.3 is 9.90 Å². The van der Waals surface area contributed by atoms with Crippen LogP contribution in [0.5, 0.6) is 5.75 Å². The van der Waals surface area contributed by atoms with Gasteiger partial charge in [-0.2, -0.15) is 0 Å². The van der Waals surface area contributed by atoms with Crippen LogP contribution in [0.4, 0.5) is 0 Å². The maximum atomic E-state index is 12.9. The van der Waals surface area contributed by atoms with Crippen molar-refractivity contribution in [1.29, 1.82) is 0 Å². The van der Waals surface area contributed by atoms with Gasteiger partial charge in [0.2, 0.25) is 0 Å². The standard InChI is InChI=1S/C20H24O4/c1-2-12(8-9-21)10-13-6-7-14-16(11-13)19(23)15-4-3-5-17(22)18(15)20(14)24/h3-5,9,12-14,16,22H,2,6-8,10-11H2,1H3. The fourth-order valence-electron chi connectivity index (χ4n) is 4.50. The largest absolute Gasteiger partial charge is 0.507 e. The first kappa shape index (κ1) is 16.9. The number of hydrogen-bond donors (Lipinski definition) is 1. The summed E-state index contributed by atoms with van der Waals surface area (Å²) in [5.41, 5.74) is 0.594. The second kappa shape index (κ2) is 6.88. The van der Waals surface area contributed by atoms with Gasteiger partial charge in [0.05, 0.1) is 5.56 Å². The normalized spacial score (nSPS) is 27.3. The minimum Gasteiger partial charge on any atom is -0.507 e. The lowest BCUT2D eigenvalue weighted by molar-refractivity contribution is -0.108. The quantitative estimate of drug-likeness (QED) is 0.834. The number of hydrogen-bond acceptors (Lipinski definition) is 4. The number of Topliss-reactive ketones (excluding diaryl/α,β-unsaturated/α-hetero) is 2. The first-order valence-corrected chi connectivity index (χ1v) is 8.90. The Balaban J connectivity index is 1.81. The Morgan fingerprint density at radius 3 is 2.71 bits per heavy atom. The molecule has 0 aliphatic heterocycles. The van der Waals surface area contributed by atoms with Crippen LogP contribution in [0.15, 0.2) is 18.2 Å². The van der Waals surface area contributed by atoms with Gasteiger partial charge >= 0.3 is 0 Å². The molecular weight excluding hydrogens is 304 g/mol. The number of carbonyl (C=O) groups excluding carboxylic acids is 3. The zero-order valence-electron chi connectivity index (χ0n) is 14.0. The number of rotatable bonds is 5. The number of aromatic hydroxyl groups is 1. The molecule has 1 fully saturated rings. The lowest BCUT2D eigenvalue weighted by Crippen LogP contribution is -2.41. The lowest BCUT2D eigenvalue weighted by atomic mass is 9.63. The van der Waals surface area contributed by atoms with Crippen molar-refractivity contribution >= 4 is 17.9 Å². The van der Waals surface area contributed by atoms with Crippen molar-refractivity contribution in [3.8, 4) is 5.75 Å². The van der Waals surface area contributed by atoms with E-state index in [-0.39, 0.29) is 34.7 Å². The Morgan fingerprint density at radius 1 is 1.21 bits per heavy atom. The van der Waals surface area contributed by atoms with Crippen LogP contribution in [-0.2, 0) is 4.79 Å². The monoisotopic (exact) mass is 328 g/mol. The summed E-state index contributed by atoms with van der Waals surface area (Å²) < 4.78 is 0. The summed E-state index contributed by atoms with van der Waals surface area (Å²) in [6, 6.07) is 4.74. The van der Waals surface area contributed by atoms with E-state index < -0.39 is 0 Å². The van der Waals surface area contributed by atoms with Crippen molar-refractivity contribution < 1.29 is 19.5 Å². The minimum absolute atomic E-state index is 0.00126. The highest BCUT2D eigenvalue weighted by atomic mass is 16.3. The third-order valence-electron chi connectivity index (χ3n) is 5.86. The fraction of sp³-hybridized carbons (Fsp3) is 0.550. The Morgan fingerprint density at radius 2 is 2.00 bits per heavy atom. The topological polar surface area (TPSA) is 71.4 Å². The molecule has 0 saturated heterocycles. The molecule has 1 aromatic carbocycles. The van der Waals surface area contributed by atoms with E-state index in [2.05, 4.69) is 6.92 Å². The van der Waals surface area contributed by atoms with E-state index in [9.17, 15) is 19.5 Å². The number of ketones is 2. The van der Waals surface area contributed by atoms with Crippen LogP contribution in [0, 0.1) is 23.7 Å². The van der Waals surface area contributed by atoms with Crippen LogP contribution in [0.2, 0.25) is 0 Å². The smallest absolute Gasteiger partial charge is 0.171 e. The highest BCUT2D eigenvalue weighted by Crippen LogP contribution is 2.45. The predicted octanol–water partition coefficient (Wildman–Crippen LogP) is 3.81. The van der Waals surface area contributed by atoms with Crippen molar-refractivity contribution in [1.82, 2.24) is 0 Å². The van der Waals surface area contributed by atoms with Crippen LogP contribution >= 0.6 is 0 Å². The van der Waals surface area contributed by atoms with Crippen LogP contribution in [0.3, 0.4) is 0 Å². The minimum atomic E-state index is -0.291. The van der Waals surface area contributed by atoms with Gasteiger partial charge in [0.15, 0.2) is 11.6 Å². The first-order valence-electron chi connectivity index (χ1n) is 8.90. The summed E-state index contributed by atoms with van der Waals surface area (Å²) in [5.74, 6) is 0.0506. The molecule has 1 N–H and O–H groups in total. The van der Waals surface area contributed by atoms with E-state index in [1.807, 2.05) is 0 Å². The van der Waals surface area contributed by atoms with Gasteiger partial charge in [0.1, 0.15) is 12.0 Å². The van der Waals surface area contributed by atoms with Crippen molar-refractivity contribution in [2.24, 2.45) is 23.7 Å². The molecule has 3 rings (SSSR count). The summed E-state index contributed by atoms with van der Waals surface area (Å²) >= 11 is 0. The van der Waals surface area contributed by atoms with Crippen molar-refractivity contribution in [2.75, 3.05) is 0 Å². The van der Waals surface area contributed by atoms with Crippen LogP contribution < -0.4 is 0 Å². The van der Waals surface area contributed by atoms with E-state index in [4.69, 9.17) is 0 Å². The Labute approximate surface area is 142 Å². The van der Waals surface area contributed by atoms with E-state index in [0.29, 0.717) is 30.2 Å². The Hall–Kier alpha value is -1.97. The van der Waals surface area contributed by atoms with Crippen LogP contribution in [0.25, 0.3) is 0 Å². The van der Waals surface area contributed by atoms with Gasteiger partial charge in [-0.15, -0.1) is 0 Å². The maximum Gasteiger partial charge on any atom is 0.171 e. The number of aldehydes is 1. The number of fused-ring (bicyclic) bond motifs is 2. The SMILES string of the molecule is CCC(CC=O)CC1CCC2C(=O)c3c(O)cccc3C(=O)C2C1. The summed E-state index contributed by atoms with van der Waals surface area (Å²) in [6.45, 7) is 2.09. The van der Waals surface area contributed by atoms with Gasteiger partial charge in [0, 0.05) is 23.8 Å². The zero-order valence-corrected chi connectivity index (χ0v) is 14.0. The number of phenols is 1. The summed E-state index contributed by atoms with van der Waals surface area (Å²) in [6.07, 6.45) is 5.81. The first-order chi connectivity index (χ1) is 11.6. The second-order valence-corrected chi connectivity index (χ2v) is 7.23. The average molecular weight is 328 g/mol. The Kier molecular flexibility index (Phi) is 4.83. The predicted molar refractivity (Wildman–Crippen MR) is 90.2 cm³/mol. The average Bonchev–Trinajstić information content (AvgIpc) is 2.59. The zero-order chi connectivity index (χ0) is 17.3. The molecule has 0 radical (unpaired) electrons. The van der Waals surface area contributed by atoms with Gasteiger partial charge in [-0.3, -0.25) is 9.59 Å². The molecule has 1 aromatic rings.